The van der Waals surface area contributed by atoms with E-state index in [1.165, 1.54) is 6.07 Å². The summed E-state index contributed by atoms with van der Waals surface area (Å²) in [4.78, 5) is 26.6. The van der Waals surface area contributed by atoms with Crippen molar-refractivity contribution in [3.8, 4) is 0 Å². The molecule has 0 aliphatic carbocycles. The van der Waals surface area contributed by atoms with Gasteiger partial charge in [0, 0.05) is 19.6 Å². The number of amides is 2. The zero-order chi connectivity index (χ0) is 18.5. The first-order valence-electron chi connectivity index (χ1n) is 9.63. The highest BCUT2D eigenvalue weighted by molar-refractivity contribution is 6.00. The Balaban J connectivity index is 1.46. The molecule has 26 heavy (non-hydrogen) atoms. The van der Waals surface area contributed by atoms with Crippen molar-refractivity contribution < 1.29 is 14.0 Å². The monoisotopic (exact) mass is 361 g/mol. The van der Waals surface area contributed by atoms with Crippen molar-refractivity contribution in [2.24, 2.45) is 11.8 Å². The molecule has 0 aromatic heterocycles. The molecule has 0 saturated carbocycles. The number of likely N-dealkylation sites (tertiary alicyclic amines) is 1. The summed E-state index contributed by atoms with van der Waals surface area (Å²) < 4.78 is 13.3. The van der Waals surface area contributed by atoms with Crippen molar-refractivity contribution in [1.82, 2.24) is 15.5 Å². The van der Waals surface area contributed by atoms with Crippen molar-refractivity contribution >= 4 is 11.8 Å². The Morgan fingerprint density at radius 1 is 1.35 bits per heavy atom. The lowest BCUT2D eigenvalue weighted by atomic mass is 9.90. The zero-order valence-electron chi connectivity index (χ0n) is 15.3. The third-order valence-corrected chi connectivity index (χ3v) is 5.48. The number of nitrogens with zero attached hydrogens (tertiary/aromatic N) is 1. The zero-order valence-corrected chi connectivity index (χ0v) is 15.3. The molecule has 3 unspecified atom stereocenters. The number of carbonyl (C=O) groups is 2. The molecule has 1 aromatic rings. The van der Waals surface area contributed by atoms with Crippen LogP contribution in [0.2, 0.25) is 0 Å². The second kappa shape index (κ2) is 8.62. The van der Waals surface area contributed by atoms with Gasteiger partial charge in [0.2, 0.25) is 11.8 Å². The summed E-state index contributed by atoms with van der Waals surface area (Å²) in [5.41, 5.74) is 1.01. The average molecular weight is 361 g/mol. The molecule has 0 spiro atoms. The lowest BCUT2D eigenvalue weighted by Crippen LogP contribution is -2.54. The van der Waals surface area contributed by atoms with E-state index in [0.717, 1.165) is 44.3 Å². The van der Waals surface area contributed by atoms with Crippen LogP contribution >= 0.6 is 0 Å². The number of rotatable bonds is 5. The lowest BCUT2D eigenvalue weighted by molar-refractivity contribution is -0.145. The van der Waals surface area contributed by atoms with Gasteiger partial charge in [-0.3, -0.25) is 14.9 Å². The van der Waals surface area contributed by atoms with Crippen LogP contribution in [0.4, 0.5) is 4.39 Å². The van der Waals surface area contributed by atoms with E-state index in [4.69, 9.17) is 0 Å². The van der Waals surface area contributed by atoms with Crippen molar-refractivity contribution in [3.63, 3.8) is 0 Å². The number of carbonyl (C=O) groups excluding carboxylic acids is 2. The molecule has 2 N–H and O–H groups in total. The third kappa shape index (κ3) is 4.61. The summed E-state index contributed by atoms with van der Waals surface area (Å²) in [6.45, 7) is 4.13. The van der Waals surface area contributed by atoms with Crippen LogP contribution in [0.25, 0.3) is 0 Å². The van der Waals surface area contributed by atoms with Crippen LogP contribution in [0.1, 0.15) is 38.2 Å². The van der Waals surface area contributed by atoms with Gasteiger partial charge in [-0.25, -0.2) is 4.39 Å². The first kappa shape index (κ1) is 18.8. The molecule has 2 fully saturated rings. The molecule has 2 saturated heterocycles. The topological polar surface area (TPSA) is 61.4 Å². The van der Waals surface area contributed by atoms with Crippen molar-refractivity contribution in [1.29, 1.82) is 0 Å². The van der Waals surface area contributed by atoms with Crippen molar-refractivity contribution in [2.75, 3.05) is 19.6 Å². The van der Waals surface area contributed by atoms with Gasteiger partial charge in [0.25, 0.3) is 0 Å². The second-order valence-electron chi connectivity index (χ2n) is 7.36. The normalized spacial score (nSPS) is 26.6. The smallest absolute Gasteiger partial charge is 0.235 e. The minimum absolute atomic E-state index is 0.0453. The summed E-state index contributed by atoms with van der Waals surface area (Å²) in [7, 11) is 0. The predicted molar refractivity (Wildman–Crippen MR) is 97.7 cm³/mol. The van der Waals surface area contributed by atoms with Crippen molar-refractivity contribution in [2.45, 2.75) is 45.2 Å². The minimum atomic E-state index is -0.546. The van der Waals surface area contributed by atoms with Crippen LogP contribution < -0.4 is 10.6 Å². The molecule has 3 atom stereocenters. The summed E-state index contributed by atoms with van der Waals surface area (Å²) in [5, 5.41) is 6.36. The Morgan fingerprint density at radius 3 is 2.88 bits per heavy atom. The number of benzene rings is 1. The lowest BCUT2D eigenvalue weighted by Gasteiger charge is -2.34. The van der Waals surface area contributed by atoms with Crippen LogP contribution in [-0.2, 0) is 16.0 Å². The maximum atomic E-state index is 13.3. The first-order valence-corrected chi connectivity index (χ1v) is 9.63. The van der Waals surface area contributed by atoms with Crippen LogP contribution in [0, 0.1) is 17.7 Å². The van der Waals surface area contributed by atoms with E-state index in [2.05, 4.69) is 10.6 Å². The standard InChI is InChI=1S/C20H28FN3O2/c1-2-24-10-4-7-17(20(24)26)19(25)23-18-9-8-15(13-22-18)11-14-5-3-6-16(21)12-14/h3,5-6,12,15,17-18,22H,2,4,7-11,13H2,1H3,(H,23,25). The number of nitrogens with one attached hydrogen (secondary N) is 2. The van der Waals surface area contributed by atoms with Gasteiger partial charge >= 0.3 is 0 Å². The van der Waals surface area contributed by atoms with Crippen molar-refractivity contribution in [3.05, 3.63) is 35.6 Å². The van der Waals surface area contributed by atoms with Gasteiger partial charge in [0.05, 0.1) is 6.17 Å². The van der Waals surface area contributed by atoms with E-state index >= 15 is 0 Å². The van der Waals surface area contributed by atoms with Gasteiger partial charge in [0.1, 0.15) is 11.7 Å². The van der Waals surface area contributed by atoms with Gasteiger partial charge < -0.3 is 10.2 Å². The van der Waals surface area contributed by atoms with E-state index in [1.807, 2.05) is 13.0 Å². The molecule has 1 aromatic carbocycles. The maximum Gasteiger partial charge on any atom is 0.235 e. The largest absolute Gasteiger partial charge is 0.342 e. The Kier molecular flexibility index (Phi) is 6.25. The fourth-order valence-electron chi connectivity index (χ4n) is 3.98. The molecular formula is C20H28FN3O2. The first-order chi connectivity index (χ1) is 12.6. The van der Waals surface area contributed by atoms with E-state index < -0.39 is 5.92 Å². The maximum absolute atomic E-state index is 13.3. The second-order valence-corrected chi connectivity index (χ2v) is 7.36. The summed E-state index contributed by atoms with van der Waals surface area (Å²) in [6.07, 6.45) is 4.05. The van der Waals surface area contributed by atoms with E-state index in [0.29, 0.717) is 18.9 Å². The molecular weight excluding hydrogens is 333 g/mol. The van der Waals surface area contributed by atoms with Crippen LogP contribution in [0.5, 0.6) is 0 Å². The average Bonchev–Trinajstić information content (AvgIpc) is 2.63. The molecule has 5 nitrogen and oxygen atoms in total. The van der Waals surface area contributed by atoms with Crippen LogP contribution in [-0.4, -0.2) is 42.5 Å². The van der Waals surface area contributed by atoms with Gasteiger partial charge in [-0.1, -0.05) is 12.1 Å². The van der Waals surface area contributed by atoms with E-state index in [1.54, 1.807) is 17.0 Å². The SMILES string of the molecule is CCN1CCCC(C(=O)NC2CCC(Cc3cccc(F)c3)CN2)C1=O. The predicted octanol–water partition coefficient (Wildman–Crippen LogP) is 2.07. The number of hydrogen-bond acceptors (Lipinski definition) is 3. The molecule has 6 heteroatoms. The molecule has 2 amide bonds. The van der Waals surface area contributed by atoms with Gasteiger partial charge in [-0.15, -0.1) is 0 Å². The molecule has 2 heterocycles. The van der Waals surface area contributed by atoms with Gasteiger partial charge in [0.15, 0.2) is 0 Å². The molecule has 2 aliphatic heterocycles. The van der Waals surface area contributed by atoms with E-state index in [9.17, 15) is 14.0 Å². The number of piperidine rings is 2. The highest BCUT2D eigenvalue weighted by Gasteiger charge is 2.34. The molecule has 2 aliphatic rings. The van der Waals surface area contributed by atoms with Crippen LogP contribution in [0.15, 0.2) is 24.3 Å². The Bertz CT molecular complexity index is 644. The molecule has 0 bridgehead atoms. The Morgan fingerprint density at radius 2 is 2.19 bits per heavy atom. The Hall–Kier alpha value is -1.95. The quantitative estimate of drug-likeness (QED) is 0.790. The summed E-state index contributed by atoms with van der Waals surface area (Å²) in [5.74, 6) is -0.521. The Labute approximate surface area is 154 Å². The summed E-state index contributed by atoms with van der Waals surface area (Å²) >= 11 is 0. The highest BCUT2D eigenvalue weighted by atomic mass is 19.1. The number of hydrogen-bond donors (Lipinski definition) is 2. The third-order valence-electron chi connectivity index (χ3n) is 5.48. The molecule has 3 rings (SSSR count). The van der Waals surface area contributed by atoms with E-state index in [-0.39, 0.29) is 23.8 Å². The molecule has 142 valence electrons. The molecule has 0 radical (unpaired) electrons. The van der Waals surface area contributed by atoms with Crippen LogP contribution in [0.3, 0.4) is 0 Å². The van der Waals surface area contributed by atoms with Gasteiger partial charge in [-0.05, 0) is 62.6 Å². The fraction of sp³-hybridized carbons (Fsp3) is 0.600. The number of halogens is 1. The fourth-order valence-corrected chi connectivity index (χ4v) is 3.98. The summed E-state index contributed by atoms with van der Waals surface area (Å²) in [6, 6.07) is 6.73. The minimum Gasteiger partial charge on any atom is -0.342 e. The highest BCUT2D eigenvalue weighted by Crippen LogP contribution is 2.21. The van der Waals surface area contributed by atoms with Gasteiger partial charge in [-0.2, -0.15) is 0 Å².